The molecule has 0 atom stereocenters. The Bertz CT molecular complexity index is 396. The summed E-state index contributed by atoms with van der Waals surface area (Å²) in [5, 5.41) is 9.03. The van der Waals surface area contributed by atoms with Gasteiger partial charge in [0.2, 0.25) is 0 Å². The van der Waals surface area contributed by atoms with Gasteiger partial charge >= 0.3 is 6.09 Å². The second kappa shape index (κ2) is 5.19. The van der Waals surface area contributed by atoms with Crippen LogP contribution >= 0.6 is 0 Å². The first-order valence-corrected chi connectivity index (χ1v) is 5.50. The molecule has 0 aliphatic heterocycles. The van der Waals surface area contributed by atoms with Crippen molar-refractivity contribution < 1.29 is 14.6 Å². The molecule has 0 heterocycles. The number of ether oxygens (including phenoxy) is 1. The summed E-state index contributed by atoms with van der Waals surface area (Å²) in [5.74, 6) is 0. The average Bonchev–Trinajstić information content (AvgIpc) is 2.26. The van der Waals surface area contributed by atoms with Gasteiger partial charge in [-0.3, -0.25) is 4.90 Å². The molecule has 0 bridgehead atoms. The fourth-order valence-corrected chi connectivity index (χ4v) is 1.30. The van der Waals surface area contributed by atoms with Crippen LogP contribution in [0.5, 0.6) is 0 Å². The van der Waals surface area contributed by atoms with E-state index < -0.39 is 11.7 Å². The normalized spacial score (nSPS) is 11.1. The van der Waals surface area contributed by atoms with Gasteiger partial charge in [0.1, 0.15) is 5.60 Å². The number of aliphatic hydroxyl groups is 1. The molecule has 17 heavy (non-hydrogen) atoms. The van der Waals surface area contributed by atoms with E-state index in [0.29, 0.717) is 5.69 Å². The molecule has 4 nitrogen and oxygen atoms in total. The number of aliphatic hydroxyl groups excluding tert-OH is 1. The van der Waals surface area contributed by atoms with E-state index in [2.05, 4.69) is 0 Å². The fourth-order valence-electron chi connectivity index (χ4n) is 1.30. The van der Waals surface area contributed by atoms with Gasteiger partial charge in [-0.05, 0) is 38.5 Å². The third-order valence-electron chi connectivity index (χ3n) is 2.15. The van der Waals surface area contributed by atoms with E-state index in [1.165, 1.54) is 4.90 Å². The Morgan fingerprint density at radius 3 is 2.59 bits per heavy atom. The summed E-state index contributed by atoms with van der Waals surface area (Å²) >= 11 is 0. The lowest BCUT2D eigenvalue weighted by atomic mass is 10.2. The Balaban J connectivity index is 2.81. The highest BCUT2D eigenvalue weighted by atomic mass is 16.6. The molecule has 0 aromatic heterocycles. The van der Waals surface area contributed by atoms with E-state index in [1.807, 2.05) is 20.8 Å². The van der Waals surface area contributed by atoms with Crippen molar-refractivity contribution in [2.45, 2.75) is 33.0 Å². The summed E-state index contributed by atoms with van der Waals surface area (Å²) in [6.45, 7) is 5.42. The predicted molar refractivity (Wildman–Crippen MR) is 67.0 cm³/mol. The van der Waals surface area contributed by atoms with Crippen LogP contribution in [0.25, 0.3) is 0 Å². The lowest BCUT2D eigenvalue weighted by Gasteiger charge is -2.24. The SMILES string of the molecule is CN(C(=O)OC(C)(C)C)c1cccc(CO)c1. The maximum absolute atomic E-state index is 11.8. The molecule has 0 fully saturated rings. The van der Waals surface area contributed by atoms with Crippen LogP contribution in [0.4, 0.5) is 10.5 Å². The minimum Gasteiger partial charge on any atom is -0.443 e. The monoisotopic (exact) mass is 237 g/mol. The van der Waals surface area contributed by atoms with Crippen LogP contribution in [0.15, 0.2) is 24.3 Å². The van der Waals surface area contributed by atoms with Crippen LogP contribution in [-0.2, 0) is 11.3 Å². The van der Waals surface area contributed by atoms with Crippen molar-refractivity contribution in [3.8, 4) is 0 Å². The average molecular weight is 237 g/mol. The van der Waals surface area contributed by atoms with Crippen molar-refractivity contribution in [2.75, 3.05) is 11.9 Å². The van der Waals surface area contributed by atoms with Crippen LogP contribution in [0.3, 0.4) is 0 Å². The topological polar surface area (TPSA) is 49.8 Å². The number of anilines is 1. The van der Waals surface area contributed by atoms with Crippen LogP contribution in [0.1, 0.15) is 26.3 Å². The molecule has 1 amide bonds. The molecule has 1 aromatic rings. The number of amides is 1. The molecule has 0 aliphatic rings. The summed E-state index contributed by atoms with van der Waals surface area (Å²) in [7, 11) is 1.64. The summed E-state index contributed by atoms with van der Waals surface area (Å²) in [5.41, 5.74) is 0.948. The Hall–Kier alpha value is -1.55. The zero-order chi connectivity index (χ0) is 13.1. The first-order chi connectivity index (χ1) is 7.83. The van der Waals surface area contributed by atoms with Crippen molar-refractivity contribution in [1.29, 1.82) is 0 Å². The van der Waals surface area contributed by atoms with Gasteiger partial charge in [0, 0.05) is 12.7 Å². The van der Waals surface area contributed by atoms with E-state index in [4.69, 9.17) is 9.84 Å². The van der Waals surface area contributed by atoms with Gasteiger partial charge in [-0.2, -0.15) is 0 Å². The number of carbonyl (C=O) groups excluding carboxylic acids is 1. The number of hydrogen-bond acceptors (Lipinski definition) is 3. The quantitative estimate of drug-likeness (QED) is 0.860. The molecule has 1 aromatic carbocycles. The van der Waals surface area contributed by atoms with Crippen molar-refractivity contribution in [1.82, 2.24) is 0 Å². The molecule has 1 N–H and O–H groups in total. The Kier molecular flexibility index (Phi) is 4.12. The fraction of sp³-hybridized carbons (Fsp3) is 0.462. The highest BCUT2D eigenvalue weighted by Crippen LogP contribution is 2.18. The Labute approximate surface area is 102 Å². The smallest absolute Gasteiger partial charge is 0.414 e. The molecule has 0 spiro atoms. The van der Waals surface area contributed by atoms with E-state index in [1.54, 1.807) is 31.3 Å². The number of hydrogen-bond donors (Lipinski definition) is 1. The lowest BCUT2D eigenvalue weighted by Crippen LogP contribution is -2.34. The van der Waals surface area contributed by atoms with Gasteiger partial charge in [0.15, 0.2) is 0 Å². The van der Waals surface area contributed by atoms with Crippen molar-refractivity contribution in [3.05, 3.63) is 29.8 Å². The maximum atomic E-state index is 11.8. The van der Waals surface area contributed by atoms with Gasteiger partial charge in [-0.15, -0.1) is 0 Å². The molecule has 94 valence electrons. The number of carbonyl (C=O) groups is 1. The molecular weight excluding hydrogens is 218 g/mol. The zero-order valence-electron chi connectivity index (χ0n) is 10.7. The minimum atomic E-state index is -0.514. The third-order valence-corrected chi connectivity index (χ3v) is 2.15. The van der Waals surface area contributed by atoms with E-state index >= 15 is 0 Å². The molecule has 1 rings (SSSR count). The van der Waals surface area contributed by atoms with Crippen LogP contribution in [-0.4, -0.2) is 23.8 Å². The minimum absolute atomic E-state index is 0.0456. The molecule has 0 saturated heterocycles. The van der Waals surface area contributed by atoms with Crippen molar-refractivity contribution >= 4 is 11.8 Å². The van der Waals surface area contributed by atoms with Gasteiger partial charge in [0.05, 0.1) is 6.61 Å². The number of benzene rings is 1. The first kappa shape index (κ1) is 13.5. The van der Waals surface area contributed by atoms with Gasteiger partial charge in [-0.1, -0.05) is 12.1 Å². The summed E-state index contributed by atoms with van der Waals surface area (Å²) in [4.78, 5) is 13.2. The first-order valence-electron chi connectivity index (χ1n) is 5.50. The highest BCUT2D eigenvalue weighted by molar-refractivity contribution is 5.87. The highest BCUT2D eigenvalue weighted by Gasteiger charge is 2.20. The van der Waals surface area contributed by atoms with Gasteiger partial charge < -0.3 is 9.84 Å². The molecule has 0 radical (unpaired) electrons. The number of nitrogens with zero attached hydrogens (tertiary/aromatic N) is 1. The third kappa shape index (κ3) is 4.07. The van der Waals surface area contributed by atoms with Gasteiger partial charge in [0.25, 0.3) is 0 Å². The second-order valence-corrected chi connectivity index (χ2v) is 4.87. The van der Waals surface area contributed by atoms with Crippen LogP contribution in [0, 0.1) is 0 Å². The Morgan fingerprint density at radius 1 is 1.41 bits per heavy atom. The standard InChI is InChI=1S/C13H19NO3/c1-13(2,3)17-12(16)14(4)11-7-5-6-10(8-11)9-15/h5-8,15H,9H2,1-4H3. The molecule has 4 heteroatoms. The van der Waals surface area contributed by atoms with E-state index in [9.17, 15) is 4.79 Å². The zero-order valence-corrected chi connectivity index (χ0v) is 10.7. The molecule has 0 unspecified atom stereocenters. The van der Waals surface area contributed by atoms with Crippen molar-refractivity contribution in [3.63, 3.8) is 0 Å². The molecule has 0 aliphatic carbocycles. The van der Waals surface area contributed by atoms with Crippen molar-refractivity contribution in [2.24, 2.45) is 0 Å². The van der Waals surface area contributed by atoms with Gasteiger partial charge in [-0.25, -0.2) is 4.79 Å². The number of rotatable bonds is 2. The summed E-state index contributed by atoms with van der Waals surface area (Å²) in [6.07, 6.45) is -0.410. The maximum Gasteiger partial charge on any atom is 0.414 e. The molecular formula is C13H19NO3. The Morgan fingerprint density at radius 2 is 2.06 bits per heavy atom. The van der Waals surface area contributed by atoms with E-state index in [0.717, 1.165) is 5.56 Å². The predicted octanol–water partition coefficient (Wildman–Crippen LogP) is 2.55. The summed E-state index contributed by atoms with van der Waals surface area (Å²) in [6, 6.07) is 7.14. The van der Waals surface area contributed by atoms with Crippen LogP contribution < -0.4 is 4.90 Å². The second-order valence-electron chi connectivity index (χ2n) is 4.87. The summed E-state index contributed by atoms with van der Waals surface area (Å²) < 4.78 is 5.25. The largest absolute Gasteiger partial charge is 0.443 e. The molecule has 0 saturated carbocycles. The van der Waals surface area contributed by atoms with E-state index in [-0.39, 0.29) is 6.61 Å². The lowest BCUT2D eigenvalue weighted by molar-refractivity contribution is 0.0589. The van der Waals surface area contributed by atoms with Crippen LogP contribution in [0.2, 0.25) is 0 Å².